The summed E-state index contributed by atoms with van der Waals surface area (Å²) in [4.78, 5) is 28.2. The Kier molecular flexibility index (Phi) is 5.85. The van der Waals surface area contributed by atoms with E-state index in [1.165, 1.54) is 23.1 Å². The zero-order valence-electron chi connectivity index (χ0n) is 14.0. The smallest absolute Gasteiger partial charge is 0.251 e. The first-order chi connectivity index (χ1) is 12.5. The van der Waals surface area contributed by atoms with E-state index in [0.717, 1.165) is 29.2 Å². The maximum Gasteiger partial charge on any atom is 0.251 e. The van der Waals surface area contributed by atoms with Crippen molar-refractivity contribution in [2.45, 2.75) is 25.0 Å². The number of aromatic nitrogens is 2. The zero-order valence-corrected chi connectivity index (χ0v) is 16.4. The molecule has 0 radical (unpaired) electrons. The van der Waals surface area contributed by atoms with Gasteiger partial charge in [0.15, 0.2) is 5.16 Å². The number of fused-ring (bicyclic) bond motifs is 1. The molecular weight excluding hydrogens is 392 g/mol. The van der Waals surface area contributed by atoms with Crippen LogP contribution in [0.1, 0.15) is 23.7 Å². The van der Waals surface area contributed by atoms with Crippen molar-refractivity contribution >= 4 is 62.5 Å². The van der Waals surface area contributed by atoms with E-state index in [1.807, 2.05) is 18.2 Å². The van der Waals surface area contributed by atoms with Gasteiger partial charge in [0.1, 0.15) is 5.00 Å². The number of nitrogens with two attached hydrogens (primary N) is 1. The van der Waals surface area contributed by atoms with Gasteiger partial charge in [-0.1, -0.05) is 30.3 Å². The monoisotopic (exact) mass is 408 g/mol. The molecule has 0 atom stereocenters. The van der Waals surface area contributed by atoms with Crippen LogP contribution in [-0.2, 0) is 11.3 Å². The molecule has 136 valence electrons. The number of thiophene rings is 1. The highest BCUT2D eigenvalue weighted by Crippen LogP contribution is 2.27. The topological polar surface area (TPSA) is 90.0 Å². The van der Waals surface area contributed by atoms with Gasteiger partial charge >= 0.3 is 0 Å². The summed E-state index contributed by atoms with van der Waals surface area (Å²) in [6, 6.07) is 7.19. The molecule has 9 heteroatoms. The van der Waals surface area contributed by atoms with Gasteiger partial charge in [0, 0.05) is 11.6 Å². The summed E-state index contributed by atoms with van der Waals surface area (Å²) in [6.45, 7) is 2.89. The number of anilines is 1. The number of amides is 2. The number of benzene rings is 1. The Labute approximate surface area is 163 Å². The highest BCUT2D eigenvalue weighted by Gasteiger charge is 2.15. The number of carbonyl (C=O) groups is 2. The van der Waals surface area contributed by atoms with Crippen molar-refractivity contribution in [3.63, 3.8) is 0 Å². The molecule has 0 saturated carbocycles. The molecule has 1 aromatic carbocycles. The molecule has 0 fully saturated rings. The lowest BCUT2D eigenvalue weighted by Crippen LogP contribution is -2.18. The summed E-state index contributed by atoms with van der Waals surface area (Å²) in [6.07, 6.45) is 0.949. The third-order valence-electron chi connectivity index (χ3n) is 3.64. The van der Waals surface area contributed by atoms with Crippen molar-refractivity contribution < 1.29 is 9.59 Å². The average molecular weight is 409 g/mol. The van der Waals surface area contributed by atoms with Crippen LogP contribution in [-0.4, -0.2) is 27.1 Å². The maximum atomic E-state index is 12.3. The van der Waals surface area contributed by atoms with Crippen LogP contribution >= 0.6 is 34.7 Å². The summed E-state index contributed by atoms with van der Waals surface area (Å²) in [5, 5.41) is 6.31. The fraction of sp³-hybridized carbons (Fsp3) is 0.235. The summed E-state index contributed by atoms with van der Waals surface area (Å²) >= 11 is 8.66. The Morgan fingerprint density at radius 2 is 2.19 bits per heavy atom. The van der Waals surface area contributed by atoms with Crippen LogP contribution in [0.2, 0.25) is 5.02 Å². The number of thioether (sulfide) groups is 1. The minimum absolute atomic E-state index is 0.177. The Morgan fingerprint density at radius 1 is 1.38 bits per heavy atom. The SMILES string of the molecule is CCCn1c(SCC(=O)Nc2sccc2C(N)=O)nc2cc(Cl)ccc21. The number of carbonyl (C=O) groups excluding carboxylic acids is 2. The van der Waals surface area contributed by atoms with Crippen LogP contribution in [0, 0.1) is 0 Å². The number of primary amides is 1. The predicted molar refractivity (Wildman–Crippen MR) is 107 cm³/mol. The number of hydrogen-bond donors (Lipinski definition) is 2. The van der Waals surface area contributed by atoms with Crippen molar-refractivity contribution in [2.24, 2.45) is 5.73 Å². The van der Waals surface area contributed by atoms with Gasteiger partial charge in [-0.05, 0) is 36.1 Å². The molecule has 0 aliphatic rings. The molecule has 0 spiro atoms. The Balaban J connectivity index is 1.74. The average Bonchev–Trinajstić information content (AvgIpc) is 3.18. The van der Waals surface area contributed by atoms with Gasteiger partial charge in [-0.2, -0.15) is 0 Å². The molecule has 2 amide bonds. The lowest BCUT2D eigenvalue weighted by atomic mass is 10.3. The summed E-state index contributed by atoms with van der Waals surface area (Å²) < 4.78 is 2.09. The van der Waals surface area contributed by atoms with E-state index in [0.29, 0.717) is 15.6 Å². The van der Waals surface area contributed by atoms with E-state index in [4.69, 9.17) is 17.3 Å². The van der Waals surface area contributed by atoms with Crippen molar-refractivity contribution in [2.75, 3.05) is 11.1 Å². The number of nitrogens with one attached hydrogen (secondary N) is 1. The van der Waals surface area contributed by atoms with E-state index in [9.17, 15) is 9.59 Å². The first-order valence-corrected chi connectivity index (χ1v) is 10.2. The van der Waals surface area contributed by atoms with E-state index >= 15 is 0 Å². The molecule has 2 heterocycles. The van der Waals surface area contributed by atoms with Gasteiger partial charge in [0.25, 0.3) is 5.91 Å². The second-order valence-corrected chi connectivity index (χ2v) is 7.84. The van der Waals surface area contributed by atoms with Crippen LogP contribution in [0.25, 0.3) is 11.0 Å². The quantitative estimate of drug-likeness (QED) is 0.578. The standard InChI is InChI=1S/C17H17ClN4O2S2/c1-2-6-22-13-4-3-10(18)8-12(13)20-17(22)26-9-14(23)21-16-11(15(19)24)5-7-25-16/h3-5,7-8H,2,6,9H2,1H3,(H2,19,24)(H,21,23). The molecule has 26 heavy (non-hydrogen) atoms. The van der Waals surface area contributed by atoms with Crippen LogP contribution in [0.5, 0.6) is 0 Å². The summed E-state index contributed by atoms with van der Waals surface area (Å²) in [5.74, 6) is -0.597. The zero-order chi connectivity index (χ0) is 18.7. The first-order valence-electron chi connectivity index (χ1n) is 7.95. The molecule has 6 nitrogen and oxygen atoms in total. The third kappa shape index (κ3) is 4.03. The number of rotatable bonds is 7. The van der Waals surface area contributed by atoms with Gasteiger partial charge in [0.05, 0.1) is 22.3 Å². The van der Waals surface area contributed by atoms with Gasteiger partial charge in [-0.3, -0.25) is 9.59 Å². The van der Waals surface area contributed by atoms with Crippen LogP contribution in [0.15, 0.2) is 34.8 Å². The predicted octanol–water partition coefficient (Wildman–Crippen LogP) is 3.99. The molecule has 3 aromatic rings. The van der Waals surface area contributed by atoms with Crippen LogP contribution in [0.4, 0.5) is 5.00 Å². The van der Waals surface area contributed by atoms with Crippen molar-refractivity contribution in [1.82, 2.24) is 9.55 Å². The van der Waals surface area contributed by atoms with Gasteiger partial charge < -0.3 is 15.6 Å². The van der Waals surface area contributed by atoms with E-state index in [1.54, 1.807) is 11.4 Å². The molecule has 0 unspecified atom stereocenters. The molecular formula is C17H17ClN4O2S2. The molecule has 2 aromatic heterocycles. The Bertz CT molecular complexity index is 967. The highest BCUT2D eigenvalue weighted by atomic mass is 35.5. The Hall–Kier alpha value is -2.03. The minimum Gasteiger partial charge on any atom is -0.366 e. The molecule has 0 aliphatic heterocycles. The molecule has 3 rings (SSSR count). The van der Waals surface area contributed by atoms with Crippen molar-refractivity contribution in [3.05, 3.63) is 40.2 Å². The fourth-order valence-corrected chi connectivity index (χ4v) is 4.34. The lowest BCUT2D eigenvalue weighted by molar-refractivity contribution is -0.113. The maximum absolute atomic E-state index is 12.3. The van der Waals surface area contributed by atoms with Crippen LogP contribution < -0.4 is 11.1 Å². The lowest BCUT2D eigenvalue weighted by Gasteiger charge is -2.08. The largest absolute Gasteiger partial charge is 0.366 e. The normalized spacial score (nSPS) is 11.0. The number of aryl methyl sites for hydroxylation is 1. The first kappa shape index (κ1) is 18.8. The number of imidazole rings is 1. The molecule has 0 saturated heterocycles. The van der Waals surface area contributed by atoms with Crippen LogP contribution in [0.3, 0.4) is 0 Å². The van der Waals surface area contributed by atoms with Gasteiger partial charge in [0.2, 0.25) is 5.91 Å². The number of halogens is 1. The van der Waals surface area contributed by atoms with Gasteiger partial charge in [-0.25, -0.2) is 4.98 Å². The van der Waals surface area contributed by atoms with Crippen molar-refractivity contribution in [3.8, 4) is 0 Å². The summed E-state index contributed by atoms with van der Waals surface area (Å²) in [7, 11) is 0. The van der Waals surface area contributed by atoms with E-state index < -0.39 is 5.91 Å². The molecule has 0 aliphatic carbocycles. The number of nitrogens with zero attached hydrogens (tertiary/aromatic N) is 2. The van der Waals surface area contributed by atoms with E-state index in [-0.39, 0.29) is 11.7 Å². The van der Waals surface area contributed by atoms with E-state index in [2.05, 4.69) is 21.8 Å². The fourth-order valence-electron chi connectivity index (χ4n) is 2.52. The Morgan fingerprint density at radius 3 is 2.92 bits per heavy atom. The minimum atomic E-state index is -0.559. The molecule has 3 N–H and O–H groups in total. The van der Waals surface area contributed by atoms with Gasteiger partial charge in [-0.15, -0.1) is 11.3 Å². The second kappa shape index (κ2) is 8.11. The number of hydrogen-bond acceptors (Lipinski definition) is 5. The highest BCUT2D eigenvalue weighted by molar-refractivity contribution is 7.99. The molecule has 0 bridgehead atoms. The van der Waals surface area contributed by atoms with Crippen molar-refractivity contribution in [1.29, 1.82) is 0 Å². The summed E-state index contributed by atoms with van der Waals surface area (Å²) in [5.41, 5.74) is 7.42. The second-order valence-electron chi connectivity index (χ2n) is 5.54. The third-order valence-corrected chi connectivity index (χ3v) is 5.68.